The van der Waals surface area contributed by atoms with E-state index in [9.17, 15) is 9.59 Å². The predicted molar refractivity (Wildman–Crippen MR) is 57.4 cm³/mol. The average molecular weight is 216 g/mol. The zero-order valence-electron chi connectivity index (χ0n) is 9.79. The maximum absolute atomic E-state index is 11.2. The summed E-state index contributed by atoms with van der Waals surface area (Å²) in [5.41, 5.74) is 0. The molecule has 5 heteroatoms. The molecule has 0 aliphatic rings. The molecule has 2 N–H and O–H groups in total. The number of methoxy groups -OCH3 is 1. The first-order valence-corrected chi connectivity index (χ1v) is 5.07. The molecule has 88 valence electrons. The lowest BCUT2D eigenvalue weighted by molar-refractivity contribution is -0.130. The van der Waals surface area contributed by atoms with Gasteiger partial charge < -0.3 is 15.4 Å². The van der Waals surface area contributed by atoms with Crippen molar-refractivity contribution in [3.63, 3.8) is 0 Å². The van der Waals surface area contributed by atoms with E-state index in [1.54, 1.807) is 6.92 Å². The Labute approximate surface area is 90.6 Å². The molecule has 0 aliphatic heterocycles. The molecule has 1 atom stereocenters. The highest BCUT2D eigenvalue weighted by Gasteiger charge is 2.11. The fourth-order valence-electron chi connectivity index (χ4n) is 0.944. The highest BCUT2D eigenvalue weighted by molar-refractivity contribution is 5.81. The van der Waals surface area contributed by atoms with Gasteiger partial charge in [0.25, 0.3) is 0 Å². The van der Waals surface area contributed by atoms with Crippen LogP contribution in [0.15, 0.2) is 0 Å². The van der Waals surface area contributed by atoms with Crippen LogP contribution in [0.3, 0.4) is 0 Å². The molecule has 0 aromatic carbocycles. The number of nitrogens with one attached hydrogen (secondary N) is 2. The Balaban J connectivity index is 3.61. The van der Waals surface area contributed by atoms with Crippen LogP contribution in [-0.4, -0.2) is 37.6 Å². The minimum absolute atomic E-state index is 0.0598. The normalized spacial score (nSPS) is 12.3. The lowest BCUT2D eigenvalue weighted by Gasteiger charge is -2.11. The monoisotopic (exact) mass is 216 g/mol. The van der Waals surface area contributed by atoms with Gasteiger partial charge >= 0.3 is 0 Å². The SMILES string of the molecule is COC(C)C(=O)NCCC(=O)NC(C)C. The van der Waals surface area contributed by atoms with E-state index >= 15 is 0 Å². The molecule has 0 saturated heterocycles. The number of hydrogen-bond acceptors (Lipinski definition) is 3. The Bertz CT molecular complexity index is 217. The average Bonchev–Trinajstić information content (AvgIpc) is 2.15. The van der Waals surface area contributed by atoms with Crippen LogP contribution >= 0.6 is 0 Å². The van der Waals surface area contributed by atoms with Gasteiger partial charge in [0.1, 0.15) is 6.10 Å². The summed E-state index contributed by atoms with van der Waals surface area (Å²) in [4.78, 5) is 22.4. The second-order valence-corrected chi connectivity index (χ2v) is 3.64. The van der Waals surface area contributed by atoms with Crippen LogP contribution in [0.5, 0.6) is 0 Å². The van der Waals surface area contributed by atoms with E-state index in [0.717, 1.165) is 0 Å². The van der Waals surface area contributed by atoms with Crippen molar-refractivity contribution in [1.82, 2.24) is 10.6 Å². The zero-order valence-corrected chi connectivity index (χ0v) is 9.79. The molecule has 0 aliphatic carbocycles. The standard InChI is InChI=1S/C10H20N2O3/c1-7(2)12-9(13)5-6-11-10(14)8(3)15-4/h7-8H,5-6H2,1-4H3,(H,11,14)(H,12,13). The fourth-order valence-corrected chi connectivity index (χ4v) is 0.944. The quantitative estimate of drug-likeness (QED) is 0.659. The van der Waals surface area contributed by atoms with Crippen LogP contribution in [0, 0.1) is 0 Å². The molecule has 15 heavy (non-hydrogen) atoms. The molecule has 0 saturated carbocycles. The molecular weight excluding hydrogens is 196 g/mol. The van der Waals surface area contributed by atoms with Gasteiger partial charge in [-0.05, 0) is 20.8 Å². The number of rotatable bonds is 6. The predicted octanol–water partition coefficient (Wildman–Crippen LogP) is 0.0522. The first-order chi connectivity index (χ1) is 6.97. The Hall–Kier alpha value is -1.10. The number of carbonyl (C=O) groups excluding carboxylic acids is 2. The summed E-state index contributed by atoms with van der Waals surface area (Å²) >= 11 is 0. The molecule has 2 amide bonds. The molecule has 0 radical (unpaired) electrons. The van der Waals surface area contributed by atoms with E-state index in [1.165, 1.54) is 7.11 Å². The van der Waals surface area contributed by atoms with Crippen molar-refractivity contribution >= 4 is 11.8 Å². The van der Waals surface area contributed by atoms with E-state index in [4.69, 9.17) is 4.74 Å². The lowest BCUT2D eigenvalue weighted by atomic mass is 10.3. The first kappa shape index (κ1) is 13.9. The van der Waals surface area contributed by atoms with Crippen LogP contribution in [0.2, 0.25) is 0 Å². The molecule has 0 rings (SSSR count). The van der Waals surface area contributed by atoms with Crippen molar-refractivity contribution in [2.75, 3.05) is 13.7 Å². The molecule has 0 heterocycles. The van der Waals surface area contributed by atoms with Gasteiger partial charge in [0.15, 0.2) is 0 Å². The second kappa shape index (κ2) is 7.23. The highest BCUT2D eigenvalue weighted by atomic mass is 16.5. The summed E-state index contributed by atoms with van der Waals surface area (Å²) in [6.07, 6.45) is -0.182. The van der Waals surface area contributed by atoms with E-state index in [-0.39, 0.29) is 17.9 Å². The van der Waals surface area contributed by atoms with Crippen LogP contribution in [0.25, 0.3) is 0 Å². The van der Waals surface area contributed by atoms with Crippen LogP contribution < -0.4 is 10.6 Å². The molecule has 0 spiro atoms. The van der Waals surface area contributed by atoms with Gasteiger partial charge in [-0.1, -0.05) is 0 Å². The highest BCUT2D eigenvalue weighted by Crippen LogP contribution is 1.88. The third-order valence-electron chi connectivity index (χ3n) is 1.82. The number of ether oxygens (including phenoxy) is 1. The Kier molecular flexibility index (Phi) is 6.70. The van der Waals surface area contributed by atoms with Crippen molar-refractivity contribution in [1.29, 1.82) is 0 Å². The van der Waals surface area contributed by atoms with E-state index in [1.807, 2.05) is 13.8 Å². The molecule has 0 bridgehead atoms. The topological polar surface area (TPSA) is 67.4 Å². The summed E-state index contributed by atoms with van der Waals surface area (Å²) in [7, 11) is 1.47. The Morgan fingerprint density at radius 3 is 2.33 bits per heavy atom. The van der Waals surface area contributed by atoms with Gasteiger partial charge in [-0.15, -0.1) is 0 Å². The first-order valence-electron chi connectivity index (χ1n) is 5.07. The van der Waals surface area contributed by atoms with Gasteiger partial charge in [0.05, 0.1) is 0 Å². The fraction of sp³-hybridized carbons (Fsp3) is 0.800. The Morgan fingerprint density at radius 1 is 1.27 bits per heavy atom. The van der Waals surface area contributed by atoms with Crippen molar-refractivity contribution in [3.8, 4) is 0 Å². The third-order valence-corrected chi connectivity index (χ3v) is 1.82. The molecular formula is C10H20N2O3. The van der Waals surface area contributed by atoms with Crippen LogP contribution in [0.4, 0.5) is 0 Å². The van der Waals surface area contributed by atoms with Gasteiger partial charge in [-0.25, -0.2) is 0 Å². The van der Waals surface area contributed by atoms with E-state index in [0.29, 0.717) is 13.0 Å². The minimum atomic E-state index is -0.474. The zero-order chi connectivity index (χ0) is 11.8. The van der Waals surface area contributed by atoms with Crippen molar-refractivity contribution in [2.24, 2.45) is 0 Å². The van der Waals surface area contributed by atoms with Gasteiger partial charge in [0.2, 0.25) is 11.8 Å². The summed E-state index contributed by atoms with van der Waals surface area (Å²) < 4.78 is 4.82. The largest absolute Gasteiger partial charge is 0.372 e. The lowest BCUT2D eigenvalue weighted by Crippen LogP contribution is -2.37. The minimum Gasteiger partial charge on any atom is -0.372 e. The summed E-state index contributed by atoms with van der Waals surface area (Å²) in [6, 6.07) is 0.131. The summed E-state index contributed by atoms with van der Waals surface area (Å²) in [6.45, 7) is 5.78. The number of amides is 2. The van der Waals surface area contributed by atoms with Gasteiger partial charge in [-0.3, -0.25) is 9.59 Å². The van der Waals surface area contributed by atoms with Crippen molar-refractivity contribution in [2.45, 2.75) is 39.3 Å². The van der Waals surface area contributed by atoms with Crippen molar-refractivity contribution in [3.05, 3.63) is 0 Å². The molecule has 1 unspecified atom stereocenters. The summed E-state index contributed by atoms with van der Waals surface area (Å²) in [5.74, 6) is -0.259. The maximum atomic E-state index is 11.2. The second-order valence-electron chi connectivity index (χ2n) is 3.64. The molecule has 0 aromatic heterocycles. The molecule has 0 aromatic rings. The van der Waals surface area contributed by atoms with E-state index < -0.39 is 6.10 Å². The van der Waals surface area contributed by atoms with Crippen LogP contribution in [0.1, 0.15) is 27.2 Å². The number of hydrogen-bond donors (Lipinski definition) is 2. The third kappa shape index (κ3) is 6.90. The van der Waals surface area contributed by atoms with Crippen LogP contribution in [-0.2, 0) is 14.3 Å². The van der Waals surface area contributed by atoms with Gasteiger partial charge in [0, 0.05) is 26.1 Å². The van der Waals surface area contributed by atoms with Crippen molar-refractivity contribution < 1.29 is 14.3 Å². The number of carbonyl (C=O) groups is 2. The molecule has 0 fully saturated rings. The Morgan fingerprint density at radius 2 is 1.87 bits per heavy atom. The van der Waals surface area contributed by atoms with E-state index in [2.05, 4.69) is 10.6 Å². The smallest absolute Gasteiger partial charge is 0.248 e. The van der Waals surface area contributed by atoms with Gasteiger partial charge in [-0.2, -0.15) is 0 Å². The maximum Gasteiger partial charge on any atom is 0.248 e. The summed E-state index contributed by atoms with van der Waals surface area (Å²) in [5, 5.41) is 5.35. The molecule has 5 nitrogen and oxygen atoms in total.